The molecule has 0 amide bonds. The lowest BCUT2D eigenvalue weighted by molar-refractivity contribution is 0.226. The molecule has 1 N–H and O–H groups in total. The lowest BCUT2D eigenvalue weighted by Gasteiger charge is -2.27. The second-order valence-corrected chi connectivity index (χ2v) is 7.66. The molecule has 2 aromatic carbocycles. The number of nitrogens with one attached hydrogen (secondary N) is 1. The molecule has 0 radical (unpaired) electrons. The van der Waals surface area contributed by atoms with Crippen LogP contribution in [0.25, 0.3) is 0 Å². The molecule has 0 unspecified atom stereocenters. The number of hydrogen-bond acceptors (Lipinski definition) is 3. The van der Waals surface area contributed by atoms with Gasteiger partial charge in [-0.1, -0.05) is 56.3 Å². The average Bonchev–Trinajstić information content (AvgIpc) is 2.69. The maximum Gasteiger partial charge on any atom is 0.119 e. The monoisotopic (exact) mass is 352 g/mol. The highest BCUT2D eigenvalue weighted by atomic mass is 16.5. The van der Waals surface area contributed by atoms with E-state index in [2.05, 4.69) is 78.7 Å². The molecule has 0 bridgehead atoms. The van der Waals surface area contributed by atoms with Crippen molar-refractivity contribution in [2.24, 2.45) is 0 Å². The van der Waals surface area contributed by atoms with Crippen molar-refractivity contribution in [3.8, 4) is 5.75 Å². The zero-order chi connectivity index (χ0) is 18.2. The summed E-state index contributed by atoms with van der Waals surface area (Å²) in [6, 6.07) is 19.3. The average molecular weight is 353 g/mol. The van der Waals surface area contributed by atoms with Gasteiger partial charge >= 0.3 is 0 Å². The molecule has 3 rings (SSSR count). The Morgan fingerprint density at radius 1 is 0.885 bits per heavy atom. The smallest absolute Gasteiger partial charge is 0.119 e. The molecule has 2 aromatic rings. The van der Waals surface area contributed by atoms with Crippen LogP contribution >= 0.6 is 0 Å². The molecule has 3 heteroatoms. The summed E-state index contributed by atoms with van der Waals surface area (Å²) in [6.07, 6.45) is 2.32. The van der Waals surface area contributed by atoms with E-state index in [0.717, 1.165) is 31.9 Å². The molecule has 3 nitrogen and oxygen atoms in total. The summed E-state index contributed by atoms with van der Waals surface area (Å²) in [6.45, 7) is 11.1. The summed E-state index contributed by atoms with van der Waals surface area (Å²) in [5, 5.41) is 3.40. The highest BCUT2D eigenvalue weighted by Crippen LogP contribution is 2.32. The van der Waals surface area contributed by atoms with Gasteiger partial charge in [-0.05, 0) is 42.6 Å². The Labute approximate surface area is 158 Å². The minimum Gasteiger partial charge on any atom is -0.494 e. The lowest BCUT2D eigenvalue weighted by atomic mass is 9.78. The molecular formula is C23H32N2O. The summed E-state index contributed by atoms with van der Waals surface area (Å²) < 4.78 is 5.94. The van der Waals surface area contributed by atoms with Gasteiger partial charge in [-0.3, -0.25) is 0 Å². The van der Waals surface area contributed by atoms with Gasteiger partial charge in [0.05, 0.1) is 6.61 Å². The van der Waals surface area contributed by atoms with Crippen LogP contribution in [0.1, 0.15) is 37.8 Å². The zero-order valence-electron chi connectivity index (χ0n) is 16.2. The Bertz CT molecular complexity index is 646. The Hall–Kier alpha value is -1.84. The van der Waals surface area contributed by atoms with Crippen molar-refractivity contribution in [1.82, 2.24) is 10.2 Å². The number of ether oxygens (including phenoxy) is 1. The zero-order valence-corrected chi connectivity index (χ0v) is 16.2. The van der Waals surface area contributed by atoms with Crippen molar-refractivity contribution in [1.29, 1.82) is 0 Å². The third kappa shape index (κ3) is 5.09. The standard InChI is InChI=1S/C23H32N2O/c1-23(2,20-8-4-3-5-9-20)21-10-12-22(13-11-21)26-19-7-6-16-25-17-14-24-15-18-25/h3-5,8-13,24H,6-7,14-19H2,1-2H3. The molecule has 0 aliphatic carbocycles. The van der Waals surface area contributed by atoms with E-state index in [4.69, 9.17) is 4.74 Å². The van der Waals surface area contributed by atoms with Gasteiger partial charge in [0, 0.05) is 31.6 Å². The highest BCUT2D eigenvalue weighted by molar-refractivity contribution is 5.39. The maximum atomic E-state index is 5.94. The van der Waals surface area contributed by atoms with Crippen LogP contribution < -0.4 is 10.1 Å². The van der Waals surface area contributed by atoms with E-state index in [0.29, 0.717) is 0 Å². The lowest BCUT2D eigenvalue weighted by Crippen LogP contribution is -2.43. The maximum absolute atomic E-state index is 5.94. The van der Waals surface area contributed by atoms with Crippen molar-refractivity contribution in [3.05, 3.63) is 65.7 Å². The normalized spacial score (nSPS) is 15.8. The topological polar surface area (TPSA) is 24.5 Å². The third-order valence-electron chi connectivity index (χ3n) is 5.42. The van der Waals surface area contributed by atoms with Gasteiger partial charge in [0.1, 0.15) is 5.75 Å². The van der Waals surface area contributed by atoms with Crippen LogP contribution in [0.3, 0.4) is 0 Å². The fraction of sp³-hybridized carbons (Fsp3) is 0.478. The number of unbranched alkanes of at least 4 members (excludes halogenated alkanes) is 1. The molecule has 0 saturated carbocycles. The van der Waals surface area contributed by atoms with Gasteiger partial charge in [0.25, 0.3) is 0 Å². The van der Waals surface area contributed by atoms with E-state index in [1.54, 1.807) is 0 Å². The van der Waals surface area contributed by atoms with Gasteiger partial charge in [-0.25, -0.2) is 0 Å². The number of benzene rings is 2. The van der Waals surface area contributed by atoms with E-state index in [1.807, 2.05) is 0 Å². The molecule has 26 heavy (non-hydrogen) atoms. The molecule has 0 aromatic heterocycles. The summed E-state index contributed by atoms with van der Waals surface area (Å²) in [4.78, 5) is 2.54. The number of nitrogens with zero attached hydrogens (tertiary/aromatic N) is 1. The van der Waals surface area contributed by atoms with Crippen LogP contribution in [-0.2, 0) is 5.41 Å². The van der Waals surface area contributed by atoms with Gasteiger partial charge in [0.15, 0.2) is 0 Å². The van der Waals surface area contributed by atoms with Crippen molar-refractivity contribution >= 4 is 0 Å². The predicted octanol–water partition coefficient (Wildman–Crippen LogP) is 4.08. The van der Waals surface area contributed by atoms with Crippen molar-refractivity contribution in [3.63, 3.8) is 0 Å². The second kappa shape index (κ2) is 9.20. The fourth-order valence-electron chi connectivity index (χ4n) is 3.55. The molecule has 1 heterocycles. The third-order valence-corrected chi connectivity index (χ3v) is 5.42. The van der Waals surface area contributed by atoms with Crippen LogP contribution in [0.5, 0.6) is 5.75 Å². The van der Waals surface area contributed by atoms with E-state index in [-0.39, 0.29) is 5.41 Å². The Balaban J connectivity index is 1.44. The fourth-order valence-corrected chi connectivity index (χ4v) is 3.55. The van der Waals surface area contributed by atoms with Crippen LogP contribution in [0.15, 0.2) is 54.6 Å². The van der Waals surface area contributed by atoms with E-state index < -0.39 is 0 Å². The van der Waals surface area contributed by atoms with E-state index in [9.17, 15) is 0 Å². The van der Waals surface area contributed by atoms with E-state index in [1.165, 1.54) is 37.2 Å². The van der Waals surface area contributed by atoms with Gasteiger partial charge < -0.3 is 15.0 Å². The predicted molar refractivity (Wildman–Crippen MR) is 109 cm³/mol. The number of rotatable bonds is 8. The molecule has 1 aliphatic heterocycles. The first-order chi connectivity index (χ1) is 12.7. The molecule has 140 valence electrons. The van der Waals surface area contributed by atoms with Gasteiger partial charge in [0.2, 0.25) is 0 Å². The van der Waals surface area contributed by atoms with Crippen molar-refractivity contribution < 1.29 is 4.74 Å². The molecule has 0 atom stereocenters. The molecular weight excluding hydrogens is 320 g/mol. The van der Waals surface area contributed by atoms with Gasteiger partial charge in [-0.15, -0.1) is 0 Å². The quantitative estimate of drug-likeness (QED) is 0.725. The first-order valence-electron chi connectivity index (χ1n) is 9.88. The summed E-state index contributed by atoms with van der Waals surface area (Å²) in [7, 11) is 0. The Morgan fingerprint density at radius 2 is 1.54 bits per heavy atom. The van der Waals surface area contributed by atoms with Crippen molar-refractivity contribution in [2.45, 2.75) is 32.1 Å². The summed E-state index contributed by atoms with van der Waals surface area (Å²) >= 11 is 0. The second-order valence-electron chi connectivity index (χ2n) is 7.66. The Morgan fingerprint density at radius 3 is 2.23 bits per heavy atom. The van der Waals surface area contributed by atoms with E-state index >= 15 is 0 Å². The minimum absolute atomic E-state index is 0.00307. The summed E-state index contributed by atoms with van der Waals surface area (Å²) in [5.74, 6) is 0.972. The minimum atomic E-state index is 0.00307. The molecule has 1 saturated heterocycles. The SMILES string of the molecule is CC(C)(c1ccccc1)c1ccc(OCCCCN2CCNCC2)cc1. The van der Waals surface area contributed by atoms with Gasteiger partial charge in [-0.2, -0.15) is 0 Å². The van der Waals surface area contributed by atoms with Crippen LogP contribution in [0.2, 0.25) is 0 Å². The number of piperazine rings is 1. The van der Waals surface area contributed by atoms with Crippen LogP contribution in [0, 0.1) is 0 Å². The molecule has 1 fully saturated rings. The van der Waals surface area contributed by atoms with Crippen molar-refractivity contribution in [2.75, 3.05) is 39.3 Å². The molecule has 0 spiro atoms. The summed E-state index contributed by atoms with van der Waals surface area (Å²) in [5.41, 5.74) is 2.65. The first kappa shape index (κ1) is 18.9. The van der Waals surface area contributed by atoms with Crippen LogP contribution in [-0.4, -0.2) is 44.2 Å². The highest BCUT2D eigenvalue weighted by Gasteiger charge is 2.22. The molecule has 1 aliphatic rings. The largest absolute Gasteiger partial charge is 0.494 e. The van der Waals surface area contributed by atoms with Crippen LogP contribution in [0.4, 0.5) is 0 Å². The Kier molecular flexibility index (Phi) is 6.70. The number of hydrogen-bond donors (Lipinski definition) is 1. The first-order valence-corrected chi connectivity index (χ1v) is 9.88.